The smallest absolute Gasteiger partial charge is 0.475 e. The van der Waals surface area contributed by atoms with E-state index in [1.807, 2.05) is 12.1 Å². The number of carboxylic acids is 1. The molecule has 2 heterocycles. The first-order valence-electron chi connectivity index (χ1n) is 14.8. The molecule has 2 aliphatic heterocycles. The van der Waals surface area contributed by atoms with Crippen molar-refractivity contribution in [3.63, 3.8) is 0 Å². The monoisotopic (exact) mass is 701 g/mol. The largest absolute Gasteiger partial charge is 0.490 e. The van der Waals surface area contributed by atoms with E-state index >= 15 is 0 Å². The third-order valence-corrected chi connectivity index (χ3v) is 9.62. The summed E-state index contributed by atoms with van der Waals surface area (Å²) in [5.41, 5.74) is 15.7. The lowest BCUT2D eigenvalue weighted by Gasteiger charge is -2.47. The number of nitrogens with two attached hydrogens (primary N) is 3. The summed E-state index contributed by atoms with van der Waals surface area (Å²) in [5.74, 6) is -4.62. The number of primary amides is 2. The van der Waals surface area contributed by atoms with Gasteiger partial charge in [0.1, 0.15) is 5.54 Å². The zero-order chi connectivity index (χ0) is 35.9. The molecular formula is C29H38F3N7O8S. The fraction of sp³-hybridized carbons (Fsp3) is 0.483. The number of alkyl halides is 3. The van der Waals surface area contributed by atoms with Crippen LogP contribution in [0.4, 0.5) is 18.0 Å². The van der Waals surface area contributed by atoms with Gasteiger partial charge >= 0.3 is 18.2 Å². The van der Waals surface area contributed by atoms with Crippen molar-refractivity contribution in [2.24, 2.45) is 23.1 Å². The van der Waals surface area contributed by atoms with Crippen molar-refractivity contribution in [3.8, 4) is 0 Å². The molecule has 9 N–H and O–H groups in total. The van der Waals surface area contributed by atoms with Gasteiger partial charge in [-0.25, -0.2) is 22.7 Å². The van der Waals surface area contributed by atoms with E-state index in [-0.39, 0.29) is 29.7 Å². The molecular weight excluding hydrogens is 663 g/mol. The van der Waals surface area contributed by atoms with Gasteiger partial charge < -0.3 is 31.9 Å². The van der Waals surface area contributed by atoms with Gasteiger partial charge in [-0.2, -0.15) is 13.2 Å². The molecule has 3 atom stereocenters. The highest BCUT2D eigenvalue weighted by Gasteiger charge is 2.49. The number of amides is 3. The number of sulfonamides is 1. The molecule has 3 amide bonds. The van der Waals surface area contributed by atoms with Crippen molar-refractivity contribution in [2.75, 3.05) is 26.2 Å². The first-order chi connectivity index (χ1) is 22.4. The Kier molecular flexibility index (Phi) is 12.2. The molecule has 264 valence electrons. The second-order valence-electron chi connectivity index (χ2n) is 11.5. The minimum atomic E-state index is -5.08. The Balaban J connectivity index is 0.000000804. The number of rotatable bonds is 9. The molecule has 2 aromatic rings. The van der Waals surface area contributed by atoms with Gasteiger partial charge in [0.25, 0.3) is 5.91 Å². The maximum absolute atomic E-state index is 13.4. The van der Waals surface area contributed by atoms with Crippen LogP contribution in [-0.2, 0) is 29.1 Å². The van der Waals surface area contributed by atoms with Crippen LogP contribution in [0.3, 0.4) is 0 Å². The van der Waals surface area contributed by atoms with Crippen molar-refractivity contribution in [2.45, 2.75) is 61.2 Å². The zero-order valence-electron chi connectivity index (χ0n) is 25.7. The maximum atomic E-state index is 13.4. The fourth-order valence-electron chi connectivity index (χ4n) is 5.79. The van der Waals surface area contributed by atoms with Gasteiger partial charge in [0, 0.05) is 19.6 Å². The van der Waals surface area contributed by atoms with Gasteiger partial charge in [-0.1, -0.05) is 30.3 Å². The molecule has 4 rings (SSSR count). The van der Waals surface area contributed by atoms with Crippen molar-refractivity contribution >= 4 is 50.6 Å². The van der Waals surface area contributed by atoms with Gasteiger partial charge in [-0.05, 0) is 67.3 Å². The van der Waals surface area contributed by atoms with Crippen molar-refractivity contribution in [3.05, 3.63) is 42.5 Å². The summed E-state index contributed by atoms with van der Waals surface area (Å²) in [6.45, 7) is 0.660. The van der Waals surface area contributed by atoms with E-state index in [9.17, 15) is 36.0 Å². The molecule has 0 saturated carbocycles. The number of carbonyl (C=O) groups is 4. The van der Waals surface area contributed by atoms with Crippen LogP contribution in [0.15, 0.2) is 47.4 Å². The molecule has 0 aromatic heterocycles. The van der Waals surface area contributed by atoms with Crippen LogP contribution in [0.5, 0.6) is 0 Å². The lowest BCUT2D eigenvalue weighted by Crippen LogP contribution is -2.64. The lowest BCUT2D eigenvalue weighted by atomic mass is 9.76. The fourth-order valence-corrected chi connectivity index (χ4v) is 6.86. The number of carboxylic acid groups (broad SMARTS) is 1. The van der Waals surface area contributed by atoms with E-state index in [0.29, 0.717) is 37.7 Å². The molecule has 3 unspecified atom stereocenters. The Morgan fingerprint density at radius 1 is 1.04 bits per heavy atom. The van der Waals surface area contributed by atoms with Gasteiger partial charge in [-0.15, -0.1) is 0 Å². The molecule has 0 bridgehead atoms. The Hall–Kier alpha value is -4.65. The number of benzene rings is 2. The van der Waals surface area contributed by atoms with Crippen molar-refractivity contribution < 1.29 is 50.6 Å². The molecule has 2 aromatic carbocycles. The van der Waals surface area contributed by atoms with Gasteiger partial charge in [0.15, 0.2) is 12.1 Å². The normalized spacial score (nSPS) is 20.6. The highest BCUT2D eigenvalue weighted by molar-refractivity contribution is 7.89. The van der Waals surface area contributed by atoms with Crippen LogP contribution in [0.25, 0.3) is 10.8 Å². The van der Waals surface area contributed by atoms with Crippen LogP contribution >= 0.6 is 0 Å². The number of ether oxygens (including phenoxy) is 1. The maximum Gasteiger partial charge on any atom is 0.490 e. The molecule has 0 spiro atoms. The summed E-state index contributed by atoms with van der Waals surface area (Å²) >= 11 is 0. The van der Waals surface area contributed by atoms with Crippen molar-refractivity contribution in [1.82, 2.24) is 14.5 Å². The van der Waals surface area contributed by atoms with E-state index in [2.05, 4.69) is 4.72 Å². The first-order valence-corrected chi connectivity index (χ1v) is 16.3. The Labute approximate surface area is 274 Å². The van der Waals surface area contributed by atoms with Gasteiger partial charge in [0.2, 0.25) is 15.9 Å². The second-order valence-corrected chi connectivity index (χ2v) is 13.3. The summed E-state index contributed by atoms with van der Waals surface area (Å²) in [4.78, 5) is 50.4. The summed E-state index contributed by atoms with van der Waals surface area (Å²) in [7, 11) is -4.08. The zero-order valence-corrected chi connectivity index (χ0v) is 26.6. The number of piperidine rings is 2. The van der Waals surface area contributed by atoms with E-state index in [0.717, 1.165) is 18.2 Å². The molecule has 2 fully saturated rings. The number of carbonyl (C=O) groups excluding carboxylic acids is 3. The number of aliphatic carboxylic acids is 1. The number of likely N-dealkylation sites (tertiary alicyclic amines) is 2. The van der Waals surface area contributed by atoms with Gasteiger partial charge in [0.05, 0.1) is 11.4 Å². The lowest BCUT2D eigenvalue weighted by molar-refractivity contribution is -0.192. The highest BCUT2D eigenvalue weighted by Crippen LogP contribution is 2.37. The Morgan fingerprint density at radius 2 is 1.69 bits per heavy atom. The standard InChI is InChI=1S/C27H37N7O6S.C2HF3O2/c28-23(35)22(16-32-41(38,39)21-10-9-19-7-1-2-8-20(19)14-21)40-26(37)34-13-4-3-11-27(34,24(29)36)15-18-6-5-12-33(17-18)25(30)31;3-2(4,5)1(6)7/h1-2,7-10,14,18,22,32H,3-6,11-13,15-17H2,(H2,28,35)(H2,29,36)(H3,30,31);(H,6,7). The third-order valence-electron chi connectivity index (χ3n) is 8.20. The number of guanidine groups is 1. The number of halogens is 3. The Morgan fingerprint density at radius 3 is 2.27 bits per heavy atom. The number of hydrogen-bond donors (Lipinski definition) is 6. The minimum absolute atomic E-state index is 0.0263. The summed E-state index contributed by atoms with van der Waals surface area (Å²) in [6.07, 6.45) is -4.36. The molecule has 19 heteroatoms. The number of fused-ring (bicyclic) bond motifs is 1. The van der Waals surface area contributed by atoms with E-state index in [1.165, 1.54) is 17.0 Å². The molecule has 15 nitrogen and oxygen atoms in total. The van der Waals surface area contributed by atoms with Gasteiger partial charge in [-0.3, -0.25) is 19.9 Å². The summed E-state index contributed by atoms with van der Waals surface area (Å²) < 4.78 is 65.4. The topological polar surface area (TPSA) is 252 Å². The van der Waals surface area contributed by atoms with E-state index in [4.69, 9.17) is 37.2 Å². The third kappa shape index (κ3) is 9.46. The predicted octanol–water partition coefficient (Wildman–Crippen LogP) is 1.45. The van der Waals surface area contributed by atoms with E-state index < -0.39 is 58.3 Å². The van der Waals surface area contributed by atoms with Crippen LogP contribution in [0.1, 0.15) is 38.5 Å². The summed E-state index contributed by atoms with van der Waals surface area (Å²) in [5, 5.41) is 16.5. The number of nitrogens with one attached hydrogen (secondary N) is 2. The number of hydrogen-bond acceptors (Lipinski definition) is 8. The molecule has 0 aliphatic carbocycles. The van der Waals surface area contributed by atoms with Crippen molar-refractivity contribution in [1.29, 1.82) is 5.41 Å². The molecule has 2 aliphatic rings. The van der Waals surface area contributed by atoms with Crippen LogP contribution in [0.2, 0.25) is 0 Å². The van der Waals surface area contributed by atoms with Crippen LogP contribution in [0, 0.1) is 11.3 Å². The second kappa shape index (κ2) is 15.5. The molecule has 48 heavy (non-hydrogen) atoms. The molecule has 2 saturated heterocycles. The first kappa shape index (κ1) is 37.8. The molecule has 0 radical (unpaired) electrons. The number of nitrogens with zero attached hydrogens (tertiary/aromatic N) is 2. The quantitative estimate of drug-likeness (QED) is 0.162. The Bertz CT molecular complexity index is 1640. The van der Waals surface area contributed by atoms with Crippen LogP contribution < -0.4 is 21.9 Å². The SMILES string of the molecule is N=C(N)N1CCCC(CC2(C(N)=O)CCCCN2C(=O)OC(CNS(=O)(=O)c2ccc3ccccc3c2)C(N)=O)C1.O=C(O)C(F)(F)F. The predicted molar refractivity (Wildman–Crippen MR) is 166 cm³/mol. The van der Waals surface area contributed by atoms with Crippen LogP contribution in [-0.4, -0.2) is 97.2 Å². The summed E-state index contributed by atoms with van der Waals surface area (Å²) in [6, 6.07) is 11.8. The average Bonchev–Trinajstić information content (AvgIpc) is 3.02. The average molecular weight is 702 g/mol. The minimum Gasteiger partial charge on any atom is -0.475 e. The highest BCUT2D eigenvalue weighted by atomic mass is 32.2. The van der Waals surface area contributed by atoms with E-state index in [1.54, 1.807) is 23.1 Å².